The summed E-state index contributed by atoms with van der Waals surface area (Å²) in [7, 11) is 0. The second-order valence-corrected chi connectivity index (χ2v) is 4.76. The average Bonchev–Trinajstić information content (AvgIpc) is 2.45. The van der Waals surface area contributed by atoms with E-state index in [1.54, 1.807) is 0 Å². The van der Waals surface area contributed by atoms with Gasteiger partial charge in [-0.1, -0.05) is 42.5 Å². The van der Waals surface area contributed by atoms with Crippen LogP contribution >= 0.6 is 0 Å². The Morgan fingerprint density at radius 1 is 1.25 bits per heavy atom. The molecule has 20 heavy (non-hydrogen) atoms. The number of carbonyl (C=O) groups is 1. The van der Waals surface area contributed by atoms with Crippen molar-refractivity contribution in [1.29, 1.82) is 0 Å². The van der Waals surface area contributed by atoms with Crippen LogP contribution in [0.5, 0.6) is 0 Å². The van der Waals surface area contributed by atoms with Gasteiger partial charge in [-0.15, -0.1) is 0 Å². The van der Waals surface area contributed by atoms with Crippen LogP contribution in [0, 0.1) is 0 Å². The quantitative estimate of drug-likeness (QED) is 0.758. The predicted octanol–water partition coefficient (Wildman–Crippen LogP) is 1.99. The van der Waals surface area contributed by atoms with E-state index in [1.807, 2.05) is 6.07 Å². The van der Waals surface area contributed by atoms with Gasteiger partial charge >= 0.3 is 0 Å². The van der Waals surface area contributed by atoms with E-state index in [0.717, 1.165) is 0 Å². The summed E-state index contributed by atoms with van der Waals surface area (Å²) in [5.41, 5.74) is 6.27. The van der Waals surface area contributed by atoms with Crippen LogP contribution in [0.1, 0.15) is 18.5 Å². The zero-order valence-corrected chi connectivity index (χ0v) is 11.6. The van der Waals surface area contributed by atoms with Gasteiger partial charge < -0.3 is 15.8 Å². The Hall–Kier alpha value is -1.91. The van der Waals surface area contributed by atoms with E-state index in [-0.39, 0.29) is 12.6 Å². The minimum atomic E-state index is -0.438. The lowest BCUT2D eigenvalue weighted by Crippen LogP contribution is -2.26. The first-order valence-electron chi connectivity index (χ1n) is 6.75. The molecule has 0 fully saturated rings. The lowest BCUT2D eigenvalue weighted by molar-refractivity contribution is -0.122. The third-order valence-corrected chi connectivity index (χ3v) is 3.23. The maximum absolute atomic E-state index is 10.5. The lowest BCUT2D eigenvalue weighted by atomic mass is 10.00. The summed E-state index contributed by atoms with van der Waals surface area (Å²) in [5.74, 6) is -0.438. The molecule has 2 aromatic carbocycles. The SMILES string of the molecule is CC(NCCOCC(N)=O)c1cccc2ccccc12. The van der Waals surface area contributed by atoms with Crippen molar-refractivity contribution in [3.05, 3.63) is 48.0 Å². The van der Waals surface area contributed by atoms with E-state index in [2.05, 4.69) is 48.6 Å². The number of nitrogens with two attached hydrogens (primary N) is 1. The van der Waals surface area contributed by atoms with E-state index < -0.39 is 5.91 Å². The molecule has 0 saturated carbocycles. The summed E-state index contributed by atoms with van der Waals surface area (Å²) in [6, 6.07) is 14.9. The molecule has 0 aliphatic heterocycles. The van der Waals surface area contributed by atoms with E-state index >= 15 is 0 Å². The number of hydrogen-bond acceptors (Lipinski definition) is 3. The van der Waals surface area contributed by atoms with Gasteiger partial charge in [-0.25, -0.2) is 0 Å². The van der Waals surface area contributed by atoms with Crippen molar-refractivity contribution >= 4 is 16.7 Å². The molecule has 0 radical (unpaired) electrons. The Kier molecular flexibility index (Phi) is 5.09. The number of primary amides is 1. The lowest BCUT2D eigenvalue weighted by Gasteiger charge is -2.16. The Labute approximate surface area is 118 Å². The summed E-state index contributed by atoms with van der Waals surface area (Å²) in [4.78, 5) is 10.5. The van der Waals surface area contributed by atoms with Crippen LogP contribution < -0.4 is 11.1 Å². The van der Waals surface area contributed by atoms with Gasteiger partial charge in [-0.2, -0.15) is 0 Å². The highest BCUT2D eigenvalue weighted by atomic mass is 16.5. The molecule has 1 atom stereocenters. The van der Waals surface area contributed by atoms with Crippen molar-refractivity contribution in [1.82, 2.24) is 5.32 Å². The van der Waals surface area contributed by atoms with Crippen molar-refractivity contribution in [2.75, 3.05) is 19.8 Å². The van der Waals surface area contributed by atoms with E-state index in [1.165, 1.54) is 16.3 Å². The molecule has 0 aromatic heterocycles. The molecule has 2 rings (SSSR count). The fourth-order valence-corrected chi connectivity index (χ4v) is 2.26. The monoisotopic (exact) mass is 272 g/mol. The second kappa shape index (κ2) is 7.03. The highest BCUT2D eigenvalue weighted by Gasteiger charge is 2.08. The molecule has 0 heterocycles. The summed E-state index contributed by atoms with van der Waals surface area (Å²) in [6.45, 7) is 3.25. The Morgan fingerprint density at radius 2 is 2.00 bits per heavy atom. The van der Waals surface area contributed by atoms with Crippen LogP contribution in [-0.4, -0.2) is 25.7 Å². The Balaban J connectivity index is 1.94. The fraction of sp³-hybridized carbons (Fsp3) is 0.312. The average molecular weight is 272 g/mol. The van der Waals surface area contributed by atoms with Crippen molar-refractivity contribution in [3.63, 3.8) is 0 Å². The van der Waals surface area contributed by atoms with Gasteiger partial charge in [0.2, 0.25) is 5.91 Å². The maximum Gasteiger partial charge on any atom is 0.243 e. The van der Waals surface area contributed by atoms with Gasteiger partial charge in [0.05, 0.1) is 6.61 Å². The Morgan fingerprint density at radius 3 is 2.80 bits per heavy atom. The largest absolute Gasteiger partial charge is 0.370 e. The van der Waals surface area contributed by atoms with Crippen LogP contribution in [0.2, 0.25) is 0 Å². The zero-order chi connectivity index (χ0) is 14.4. The number of rotatable bonds is 7. The summed E-state index contributed by atoms with van der Waals surface area (Å²) < 4.78 is 5.13. The van der Waals surface area contributed by atoms with Gasteiger partial charge in [-0.05, 0) is 23.3 Å². The molecule has 0 spiro atoms. The fourth-order valence-electron chi connectivity index (χ4n) is 2.26. The molecular formula is C16H20N2O2. The molecule has 106 valence electrons. The summed E-state index contributed by atoms with van der Waals surface area (Å²) in [5, 5.41) is 5.88. The number of nitrogens with one attached hydrogen (secondary N) is 1. The summed E-state index contributed by atoms with van der Waals surface area (Å²) in [6.07, 6.45) is 0. The van der Waals surface area contributed by atoms with Crippen molar-refractivity contribution in [2.24, 2.45) is 5.73 Å². The normalized spacial score (nSPS) is 12.4. The minimum Gasteiger partial charge on any atom is -0.370 e. The Bertz CT molecular complexity index is 578. The van der Waals surface area contributed by atoms with Crippen LogP contribution in [0.3, 0.4) is 0 Å². The number of fused-ring (bicyclic) bond motifs is 1. The molecule has 4 nitrogen and oxygen atoms in total. The molecule has 0 aliphatic rings. The number of hydrogen-bond donors (Lipinski definition) is 2. The molecular weight excluding hydrogens is 252 g/mol. The third-order valence-electron chi connectivity index (χ3n) is 3.23. The van der Waals surface area contributed by atoms with Crippen molar-refractivity contribution in [3.8, 4) is 0 Å². The molecule has 1 unspecified atom stereocenters. The van der Waals surface area contributed by atoms with Gasteiger partial charge in [0, 0.05) is 12.6 Å². The van der Waals surface area contributed by atoms with Crippen LogP contribution in [0.25, 0.3) is 10.8 Å². The summed E-state index contributed by atoms with van der Waals surface area (Å²) >= 11 is 0. The van der Waals surface area contributed by atoms with Gasteiger partial charge in [0.25, 0.3) is 0 Å². The molecule has 0 bridgehead atoms. The molecule has 0 saturated heterocycles. The van der Waals surface area contributed by atoms with Crippen molar-refractivity contribution in [2.45, 2.75) is 13.0 Å². The number of benzene rings is 2. The molecule has 4 heteroatoms. The molecule has 0 aliphatic carbocycles. The smallest absolute Gasteiger partial charge is 0.243 e. The topological polar surface area (TPSA) is 64.3 Å². The van der Waals surface area contributed by atoms with Crippen LogP contribution in [-0.2, 0) is 9.53 Å². The van der Waals surface area contributed by atoms with Crippen LogP contribution in [0.4, 0.5) is 0 Å². The van der Waals surface area contributed by atoms with Crippen molar-refractivity contribution < 1.29 is 9.53 Å². The molecule has 2 aromatic rings. The second-order valence-electron chi connectivity index (χ2n) is 4.76. The molecule has 3 N–H and O–H groups in total. The van der Waals surface area contributed by atoms with Crippen LogP contribution in [0.15, 0.2) is 42.5 Å². The first-order valence-corrected chi connectivity index (χ1v) is 6.75. The first kappa shape index (κ1) is 14.5. The zero-order valence-electron chi connectivity index (χ0n) is 11.6. The maximum atomic E-state index is 10.5. The first-order chi connectivity index (χ1) is 9.68. The number of ether oxygens (including phenoxy) is 1. The minimum absolute atomic E-state index is 0.0235. The van der Waals surface area contributed by atoms with Gasteiger partial charge in [-0.3, -0.25) is 4.79 Å². The van der Waals surface area contributed by atoms with E-state index in [9.17, 15) is 4.79 Å². The highest BCUT2D eigenvalue weighted by molar-refractivity contribution is 5.86. The van der Waals surface area contributed by atoms with Gasteiger partial charge in [0.15, 0.2) is 0 Å². The number of amides is 1. The number of carbonyl (C=O) groups excluding carboxylic acids is 1. The van der Waals surface area contributed by atoms with E-state index in [0.29, 0.717) is 13.2 Å². The van der Waals surface area contributed by atoms with E-state index in [4.69, 9.17) is 10.5 Å². The standard InChI is InChI=1S/C16H20N2O2/c1-12(18-9-10-20-11-16(17)19)14-8-4-6-13-5-2-3-7-15(13)14/h2-8,12,18H,9-11H2,1H3,(H2,17,19). The molecule has 1 amide bonds. The third kappa shape index (κ3) is 3.79. The predicted molar refractivity (Wildman–Crippen MR) is 80.4 cm³/mol. The van der Waals surface area contributed by atoms with Gasteiger partial charge in [0.1, 0.15) is 6.61 Å². The highest BCUT2D eigenvalue weighted by Crippen LogP contribution is 2.23.